The van der Waals surface area contributed by atoms with Crippen molar-refractivity contribution < 1.29 is 0 Å². The van der Waals surface area contributed by atoms with E-state index >= 15 is 0 Å². The lowest BCUT2D eigenvalue weighted by atomic mass is 10.1. The molecule has 0 amide bonds. The average Bonchev–Trinajstić information content (AvgIpc) is 2.40. The predicted octanol–water partition coefficient (Wildman–Crippen LogP) is 4.43. The van der Waals surface area contributed by atoms with E-state index in [-0.39, 0.29) is 0 Å². The molecule has 0 aromatic heterocycles. The van der Waals surface area contributed by atoms with Gasteiger partial charge in [0.05, 0.1) is 0 Å². The SMILES string of the molecule is Cc1cccc(NCC=Cc2ccccc2)c1C. The fraction of sp³-hybridized carbons (Fsp3) is 0.176. The molecule has 0 aliphatic carbocycles. The van der Waals surface area contributed by atoms with Crippen LogP contribution < -0.4 is 5.32 Å². The Morgan fingerprint density at radius 2 is 1.72 bits per heavy atom. The van der Waals surface area contributed by atoms with Crippen LogP contribution >= 0.6 is 0 Å². The summed E-state index contributed by atoms with van der Waals surface area (Å²) in [5, 5.41) is 3.44. The molecule has 0 fully saturated rings. The minimum absolute atomic E-state index is 0.846. The first-order chi connectivity index (χ1) is 8.77. The lowest BCUT2D eigenvalue weighted by Crippen LogP contribution is -2.00. The molecule has 0 spiro atoms. The first-order valence-corrected chi connectivity index (χ1v) is 6.29. The molecule has 1 nitrogen and oxygen atoms in total. The molecule has 0 heterocycles. The standard InChI is InChI=1S/C17H19N/c1-14-8-6-12-17(15(14)2)18-13-7-11-16-9-4-3-5-10-16/h3-12,18H,13H2,1-2H3. The molecule has 1 heteroatoms. The van der Waals surface area contributed by atoms with Gasteiger partial charge in [-0.3, -0.25) is 0 Å². The molecule has 18 heavy (non-hydrogen) atoms. The van der Waals surface area contributed by atoms with Crippen molar-refractivity contribution in [1.82, 2.24) is 0 Å². The predicted molar refractivity (Wildman–Crippen MR) is 79.9 cm³/mol. The Labute approximate surface area is 109 Å². The largest absolute Gasteiger partial charge is 0.381 e. The number of rotatable bonds is 4. The second-order valence-corrected chi connectivity index (χ2v) is 4.44. The molecule has 0 unspecified atom stereocenters. The maximum absolute atomic E-state index is 3.44. The summed E-state index contributed by atoms with van der Waals surface area (Å²) in [6, 6.07) is 16.7. The molecule has 2 aromatic carbocycles. The third-order valence-electron chi connectivity index (χ3n) is 3.12. The van der Waals surface area contributed by atoms with Gasteiger partial charge in [-0.1, -0.05) is 54.6 Å². The minimum Gasteiger partial charge on any atom is -0.381 e. The van der Waals surface area contributed by atoms with Gasteiger partial charge in [-0.2, -0.15) is 0 Å². The highest BCUT2D eigenvalue weighted by Crippen LogP contribution is 2.17. The van der Waals surface area contributed by atoms with Crippen LogP contribution in [0, 0.1) is 13.8 Å². The van der Waals surface area contributed by atoms with E-state index in [0.717, 1.165) is 6.54 Å². The van der Waals surface area contributed by atoms with Crippen LogP contribution in [-0.4, -0.2) is 6.54 Å². The zero-order valence-electron chi connectivity index (χ0n) is 11.0. The highest BCUT2D eigenvalue weighted by atomic mass is 14.9. The van der Waals surface area contributed by atoms with E-state index in [4.69, 9.17) is 0 Å². The van der Waals surface area contributed by atoms with Gasteiger partial charge in [-0.15, -0.1) is 0 Å². The molecule has 0 aliphatic heterocycles. The third kappa shape index (κ3) is 3.24. The molecule has 1 N–H and O–H groups in total. The van der Waals surface area contributed by atoms with Gasteiger partial charge in [-0.25, -0.2) is 0 Å². The summed E-state index contributed by atoms with van der Waals surface area (Å²) in [7, 11) is 0. The van der Waals surface area contributed by atoms with Gasteiger partial charge in [0.25, 0.3) is 0 Å². The summed E-state index contributed by atoms with van der Waals surface area (Å²) >= 11 is 0. The van der Waals surface area contributed by atoms with Crippen molar-refractivity contribution >= 4 is 11.8 Å². The van der Waals surface area contributed by atoms with Crippen molar-refractivity contribution in [3.8, 4) is 0 Å². The van der Waals surface area contributed by atoms with E-state index < -0.39 is 0 Å². The summed E-state index contributed by atoms with van der Waals surface area (Å²) in [4.78, 5) is 0. The first-order valence-electron chi connectivity index (χ1n) is 6.29. The Balaban J connectivity index is 1.93. The van der Waals surface area contributed by atoms with Gasteiger partial charge in [0, 0.05) is 12.2 Å². The normalized spacial score (nSPS) is 10.8. The molecule has 92 valence electrons. The fourth-order valence-electron chi connectivity index (χ4n) is 1.87. The zero-order valence-corrected chi connectivity index (χ0v) is 11.0. The van der Waals surface area contributed by atoms with E-state index in [1.165, 1.54) is 22.4 Å². The van der Waals surface area contributed by atoms with Gasteiger partial charge in [-0.05, 0) is 36.6 Å². The van der Waals surface area contributed by atoms with Crippen LogP contribution in [0.4, 0.5) is 5.69 Å². The van der Waals surface area contributed by atoms with E-state index in [1.807, 2.05) is 6.07 Å². The highest BCUT2D eigenvalue weighted by Gasteiger charge is 1.97. The Hall–Kier alpha value is -2.02. The van der Waals surface area contributed by atoms with Crippen molar-refractivity contribution in [2.45, 2.75) is 13.8 Å². The van der Waals surface area contributed by atoms with Crippen LogP contribution in [0.15, 0.2) is 54.6 Å². The smallest absolute Gasteiger partial charge is 0.0375 e. The topological polar surface area (TPSA) is 12.0 Å². The summed E-state index contributed by atoms with van der Waals surface area (Å²) < 4.78 is 0. The molecule has 0 radical (unpaired) electrons. The average molecular weight is 237 g/mol. The van der Waals surface area contributed by atoms with Crippen molar-refractivity contribution in [3.05, 3.63) is 71.3 Å². The summed E-state index contributed by atoms with van der Waals surface area (Å²) in [6.45, 7) is 5.14. The number of anilines is 1. The van der Waals surface area contributed by atoms with Gasteiger partial charge < -0.3 is 5.32 Å². The Morgan fingerprint density at radius 3 is 2.50 bits per heavy atom. The number of hydrogen-bond donors (Lipinski definition) is 1. The number of nitrogens with one attached hydrogen (secondary N) is 1. The van der Waals surface area contributed by atoms with Crippen molar-refractivity contribution in [1.29, 1.82) is 0 Å². The van der Waals surface area contributed by atoms with Gasteiger partial charge in [0.2, 0.25) is 0 Å². The Bertz CT molecular complexity index is 527. The quantitative estimate of drug-likeness (QED) is 0.829. The molecule has 2 rings (SSSR count). The van der Waals surface area contributed by atoms with Gasteiger partial charge in [0.1, 0.15) is 0 Å². The highest BCUT2D eigenvalue weighted by molar-refractivity contribution is 5.55. The fourth-order valence-corrected chi connectivity index (χ4v) is 1.87. The monoisotopic (exact) mass is 237 g/mol. The van der Waals surface area contributed by atoms with Crippen molar-refractivity contribution in [3.63, 3.8) is 0 Å². The van der Waals surface area contributed by atoms with Crippen molar-refractivity contribution in [2.24, 2.45) is 0 Å². The number of aryl methyl sites for hydroxylation is 1. The van der Waals surface area contributed by atoms with Crippen LogP contribution in [0.2, 0.25) is 0 Å². The molecule has 0 aliphatic rings. The second-order valence-electron chi connectivity index (χ2n) is 4.44. The third-order valence-corrected chi connectivity index (χ3v) is 3.12. The van der Waals surface area contributed by atoms with Gasteiger partial charge in [0.15, 0.2) is 0 Å². The minimum atomic E-state index is 0.846. The molecular weight excluding hydrogens is 218 g/mol. The summed E-state index contributed by atoms with van der Waals surface area (Å²) in [6.07, 6.45) is 4.29. The lowest BCUT2D eigenvalue weighted by molar-refractivity contribution is 1.27. The molecule has 2 aromatic rings. The molecule has 0 bridgehead atoms. The lowest BCUT2D eigenvalue weighted by Gasteiger charge is -2.09. The molecule has 0 saturated carbocycles. The van der Waals surface area contributed by atoms with E-state index in [0.29, 0.717) is 0 Å². The molecule has 0 atom stereocenters. The van der Waals surface area contributed by atoms with Crippen LogP contribution in [0.3, 0.4) is 0 Å². The first kappa shape index (κ1) is 12.4. The number of hydrogen-bond acceptors (Lipinski definition) is 1. The maximum Gasteiger partial charge on any atom is 0.0375 e. The van der Waals surface area contributed by atoms with Crippen molar-refractivity contribution in [2.75, 3.05) is 11.9 Å². The van der Waals surface area contributed by atoms with Gasteiger partial charge >= 0.3 is 0 Å². The van der Waals surface area contributed by atoms with Crippen LogP contribution in [-0.2, 0) is 0 Å². The van der Waals surface area contributed by atoms with E-state index in [2.05, 4.69) is 73.8 Å². The Kier molecular flexibility index (Phi) is 4.19. The van der Waals surface area contributed by atoms with Crippen LogP contribution in [0.1, 0.15) is 16.7 Å². The van der Waals surface area contributed by atoms with E-state index in [9.17, 15) is 0 Å². The van der Waals surface area contributed by atoms with Crippen LogP contribution in [0.25, 0.3) is 6.08 Å². The number of benzene rings is 2. The maximum atomic E-state index is 3.44. The zero-order chi connectivity index (χ0) is 12.8. The second kappa shape index (κ2) is 6.06. The molecular formula is C17H19N. The Morgan fingerprint density at radius 1 is 0.944 bits per heavy atom. The summed E-state index contributed by atoms with van der Waals surface area (Å²) in [5.74, 6) is 0. The van der Waals surface area contributed by atoms with E-state index in [1.54, 1.807) is 0 Å². The van der Waals surface area contributed by atoms with Crippen LogP contribution in [0.5, 0.6) is 0 Å². The summed E-state index contributed by atoms with van der Waals surface area (Å²) in [5.41, 5.74) is 5.10. The molecule has 0 saturated heterocycles.